The van der Waals surface area contributed by atoms with Crippen molar-refractivity contribution in [3.8, 4) is 0 Å². The van der Waals surface area contributed by atoms with Gasteiger partial charge in [0.1, 0.15) is 0 Å². The maximum Gasteiger partial charge on any atom is 0.336 e. The van der Waals surface area contributed by atoms with E-state index in [0.717, 1.165) is 31.7 Å². The summed E-state index contributed by atoms with van der Waals surface area (Å²) < 4.78 is 0. The summed E-state index contributed by atoms with van der Waals surface area (Å²) in [5.74, 6) is -0.845. The van der Waals surface area contributed by atoms with Gasteiger partial charge in [-0.25, -0.2) is 4.79 Å². The lowest BCUT2D eigenvalue weighted by molar-refractivity contribution is 0.0692. The first-order valence-corrected chi connectivity index (χ1v) is 5.97. The van der Waals surface area contributed by atoms with Gasteiger partial charge in [0.05, 0.1) is 5.56 Å². The predicted molar refractivity (Wildman–Crippen MR) is 66.3 cm³/mol. The third-order valence-electron chi connectivity index (χ3n) is 3.34. The third-order valence-corrected chi connectivity index (χ3v) is 3.34. The second-order valence-corrected chi connectivity index (χ2v) is 4.35. The van der Waals surface area contributed by atoms with Crippen molar-refractivity contribution < 1.29 is 9.90 Å². The van der Waals surface area contributed by atoms with Crippen LogP contribution in [-0.2, 0) is 0 Å². The van der Waals surface area contributed by atoms with E-state index in [-0.39, 0.29) is 6.04 Å². The molecule has 4 nitrogen and oxygen atoms in total. The molecule has 0 radical (unpaired) electrons. The molecule has 1 heterocycles. The van der Waals surface area contributed by atoms with E-state index in [0.29, 0.717) is 5.56 Å². The highest BCUT2D eigenvalue weighted by Gasteiger charge is 2.21. The Morgan fingerprint density at radius 2 is 2.00 bits per heavy atom. The van der Waals surface area contributed by atoms with Crippen LogP contribution in [0.25, 0.3) is 0 Å². The maximum atomic E-state index is 11.2. The summed E-state index contributed by atoms with van der Waals surface area (Å²) in [5, 5.41) is 12.5. The maximum absolute atomic E-state index is 11.2. The van der Waals surface area contributed by atoms with Gasteiger partial charge in [-0.3, -0.25) is 4.90 Å². The van der Waals surface area contributed by atoms with Gasteiger partial charge in [0.25, 0.3) is 0 Å². The highest BCUT2D eigenvalue weighted by molar-refractivity contribution is 5.89. The Morgan fingerprint density at radius 1 is 1.35 bits per heavy atom. The largest absolute Gasteiger partial charge is 0.478 e. The van der Waals surface area contributed by atoms with Crippen molar-refractivity contribution in [3.63, 3.8) is 0 Å². The van der Waals surface area contributed by atoms with Gasteiger partial charge >= 0.3 is 5.97 Å². The zero-order valence-corrected chi connectivity index (χ0v) is 10.0. The SMILES string of the molecule is CC(c1ccccc1C(=O)O)N1CCNCC1. The molecule has 17 heavy (non-hydrogen) atoms. The minimum Gasteiger partial charge on any atom is -0.478 e. The standard InChI is InChI=1S/C13H18N2O2/c1-10(15-8-6-14-7-9-15)11-4-2-3-5-12(11)13(16)17/h2-5,10,14H,6-9H2,1H3,(H,16,17). The van der Waals surface area contributed by atoms with Crippen molar-refractivity contribution >= 4 is 5.97 Å². The molecule has 1 fully saturated rings. The number of hydrogen-bond donors (Lipinski definition) is 2. The van der Waals surface area contributed by atoms with Crippen LogP contribution in [0.1, 0.15) is 28.9 Å². The summed E-state index contributed by atoms with van der Waals surface area (Å²) in [6.45, 7) is 5.95. The van der Waals surface area contributed by atoms with Gasteiger partial charge < -0.3 is 10.4 Å². The average Bonchev–Trinajstić information content (AvgIpc) is 2.39. The minimum atomic E-state index is -0.845. The number of carboxylic acid groups (broad SMARTS) is 1. The fourth-order valence-electron chi connectivity index (χ4n) is 2.32. The fraction of sp³-hybridized carbons (Fsp3) is 0.462. The van der Waals surface area contributed by atoms with E-state index < -0.39 is 5.97 Å². The summed E-state index contributed by atoms with van der Waals surface area (Å²) in [6.07, 6.45) is 0. The Hall–Kier alpha value is -1.39. The van der Waals surface area contributed by atoms with Crippen LogP contribution in [0.15, 0.2) is 24.3 Å². The molecular formula is C13H18N2O2. The molecule has 0 spiro atoms. The van der Waals surface area contributed by atoms with Gasteiger partial charge in [-0.05, 0) is 18.6 Å². The third kappa shape index (κ3) is 2.65. The number of carboxylic acids is 1. The Balaban J connectivity index is 2.23. The molecule has 4 heteroatoms. The Labute approximate surface area is 101 Å². The van der Waals surface area contributed by atoms with Crippen LogP contribution in [0, 0.1) is 0 Å². The van der Waals surface area contributed by atoms with E-state index in [1.807, 2.05) is 12.1 Å². The van der Waals surface area contributed by atoms with Crippen LogP contribution in [-0.4, -0.2) is 42.2 Å². The summed E-state index contributed by atoms with van der Waals surface area (Å²) in [5.41, 5.74) is 1.32. The zero-order chi connectivity index (χ0) is 12.3. The molecule has 1 saturated heterocycles. The highest BCUT2D eigenvalue weighted by atomic mass is 16.4. The minimum absolute atomic E-state index is 0.157. The van der Waals surface area contributed by atoms with Crippen molar-refractivity contribution in [3.05, 3.63) is 35.4 Å². The lowest BCUT2D eigenvalue weighted by Crippen LogP contribution is -2.44. The Kier molecular flexibility index (Phi) is 3.76. The first kappa shape index (κ1) is 12.1. The summed E-state index contributed by atoms with van der Waals surface area (Å²) >= 11 is 0. The quantitative estimate of drug-likeness (QED) is 0.829. The molecule has 92 valence electrons. The first-order valence-electron chi connectivity index (χ1n) is 5.97. The lowest BCUT2D eigenvalue weighted by atomic mass is 10.00. The molecule has 0 saturated carbocycles. The number of nitrogens with zero attached hydrogens (tertiary/aromatic N) is 1. The number of rotatable bonds is 3. The lowest BCUT2D eigenvalue weighted by Gasteiger charge is -2.33. The second-order valence-electron chi connectivity index (χ2n) is 4.35. The number of carbonyl (C=O) groups is 1. The van der Waals surface area contributed by atoms with Crippen LogP contribution in [0.4, 0.5) is 0 Å². The van der Waals surface area contributed by atoms with E-state index in [2.05, 4.69) is 17.1 Å². The van der Waals surface area contributed by atoms with Gasteiger partial charge in [0, 0.05) is 32.2 Å². The monoisotopic (exact) mass is 234 g/mol. The molecule has 1 aromatic rings. The number of benzene rings is 1. The average molecular weight is 234 g/mol. The molecule has 0 aromatic heterocycles. The topological polar surface area (TPSA) is 52.6 Å². The molecule has 0 amide bonds. The summed E-state index contributed by atoms with van der Waals surface area (Å²) in [4.78, 5) is 13.5. The van der Waals surface area contributed by atoms with E-state index in [9.17, 15) is 9.90 Å². The smallest absolute Gasteiger partial charge is 0.336 e. The van der Waals surface area contributed by atoms with Crippen molar-refractivity contribution in [2.75, 3.05) is 26.2 Å². The van der Waals surface area contributed by atoms with E-state index in [4.69, 9.17) is 0 Å². The van der Waals surface area contributed by atoms with Crippen molar-refractivity contribution in [2.24, 2.45) is 0 Å². The second kappa shape index (κ2) is 5.29. The zero-order valence-electron chi connectivity index (χ0n) is 10.0. The first-order chi connectivity index (χ1) is 8.20. The molecule has 1 unspecified atom stereocenters. The molecule has 1 aliphatic rings. The summed E-state index contributed by atoms with van der Waals surface area (Å²) in [7, 11) is 0. The van der Waals surface area contributed by atoms with Gasteiger partial charge in [-0.1, -0.05) is 18.2 Å². The highest BCUT2D eigenvalue weighted by Crippen LogP contribution is 2.23. The molecule has 0 bridgehead atoms. The van der Waals surface area contributed by atoms with E-state index in [1.54, 1.807) is 12.1 Å². The number of piperazine rings is 1. The molecule has 1 aromatic carbocycles. The molecule has 2 rings (SSSR count). The molecule has 2 N–H and O–H groups in total. The van der Waals surface area contributed by atoms with Crippen LogP contribution in [0.3, 0.4) is 0 Å². The van der Waals surface area contributed by atoms with Gasteiger partial charge in [-0.15, -0.1) is 0 Å². The number of aromatic carboxylic acids is 1. The fourth-order valence-corrected chi connectivity index (χ4v) is 2.32. The molecule has 0 aliphatic carbocycles. The predicted octanol–water partition coefficient (Wildman–Crippen LogP) is 1.35. The number of hydrogen-bond acceptors (Lipinski definition) is 3. The van der Waals surface area contributed by atoms with Crippen LogP contribution < -0.4 is 5.32 Å². The van der Waals surface area contributed by atoms with Crippen LogP contribution >= 0.6 is 0 Å². The normalized spacial score (nSPS) is 18.9. The van der Waals surface area contributed by atoms with Gasteiger partial charge in [-0.2, -0.15) is 0 Å². The molecule has 1 aliphatic heterocycles. The van der Waals surface area contributed by atoms with Crippen molar-refractivity contribution in [1.82, 2.24) is 10.2 Å². The van der Waals surface area contributed by atoms with Crippen molar-refractivity contribution in [1.29, 1.82) is 0 Å². The Morgan fingerprint density at radius 3 is 2.65 bits per heavy atom. The van der Waals surface area contributed by atoms with Crippen LogP contribution in [0.2, 0.25) is 0 Å². The summed E-state index contributed by atoms with van der Waals surface area (Å²) in [6, 6.07) is 7.43. The molecule has 1 atom stereocenters. The number of nitrogens with one attached hydrogen (secondary N) is 1. The van der Waals surface area contributed by atoms with E-state index >= 15 is 0 Å². The van der Waals surface area contributed by atoms with Gasteiger partial charge in [0.15, 0.2) is 0 Å². The van der Waals surface area contributed by atoms with Gasteiger partial charge in [0.2, 0.25) is 0 Å². The van der Waals surface area contributed by atoms with Crippen LogP contribution in [0.5, 0.6) is 0 Å². The van der Waals surface area contributed by atoms with Crippen molar-refractivity contribution in [2.45, 2.75) is 13.0 Å². The Bertz CT molecular complexity index is 400. The van der Waals surface area contributed by atoms with E-state index in [1.165, 1.54) is 0 Å². The molecular weight excluding hydrogens is 216 g/mol.